The summed E-state index contributed by atoms with van der Waals surface area (Å²) in [5.74, 6) is 0.787. The van der Waals surface area contributed by atoms with E-state index < -0.39 is 0 Å². The highest BCUT2D eigenvalue weighted by Gasteiger charge is 2.32. The van der Waals surface area contributed by atoms with Crippen molar-refractivity contribution in [3.63, 3.8) is 0 Å². The Hall–Kier alpha value is -3.22. The van der Waals surface area contributed by atoms with E-state index in [-0.39, 0.29) is 11.9 Å². The van der Waals surface area contributed by atoms with E-state index in [0.717, 1.165) is 42.9 Å². The Bertz CT molecular complexity index is 1240. The summed E-state index contributed by atoms with van der Waals surface area (Å²) in [5, 5.41) is 4.03. The van der Waals surface area contributed by atoms with Crippen LogP contribution in [-0.4, -0.2) is 28.9 Å². The number of rotatable bonds is 7. The minimum Gasteiger partial charge on any atom is -0.459 e. The fourth-order valence-corrected chi connectivity index (χ4v) is 6.19. The zero-order valence-corrected chi connectivity index (χ0v) is 21.1. The van der Waals surface area contributed by atoms with Crippen LogP contribution in [0.3, 0.4) is 0 Å². The smallest absolute Gasteiger partial charge is 0.291 e. The van der Waals surface area contributed by atoms with Crippen molar-refractivity contribution in [2.24, 2.45) is 5.92 Å². The van der Waals surface area contributed by atoms with Gasteiger partial charge in [0, 0.05) is 22.8 Å². The number of benzene rings is 1. The molecule has 0 saturated carbocycles. The first-order valence-corrected chi connectivity index (χ1v) is 13.0. The molecule has 4 aromatic rings. The van der Waals surface area contributed by atoms with Crippen LogP contribution in [0.25, 0.3) is 0 Å². The fraction of sp³-hybridized carbons (Fsp3) is 0.310. The first kappa shape index (κ1) is 23.5. The Labute approximate surface area is 210 Å². The summed E-state index contributed by atoms with van der Waals surface area (Å²) < 4.78 is 5.34. The second kappa shape index (κ2) is 10.6. The number of amides is 1. The van der Waals surface area contributed by atoms with E-state index in [1.54, 1.807) is 23.5 Å². The topological polar surface area (TPSA) is 58.4 Å². The van der Waals surface area contributed by atoms with Crippen molar-refractivity contribution in [2.45, 2.75) is 39.2 Å². The number of aromatic nitrogens is 1. The van der Waals surface area contributed by atoms with E-state index in [1.165, 1.54) is 27.8 Å². The summed E-state index contributed by atoms with van der Waals surface area (Å²) in [6, 6.07) is 18.4. The largest absolute Gasteiger partial charge is 0.459 e. The maximum Gasteiger partial charge on any atom is 0.291 e. The zero-order valence-electron chi connectivity index (χ0n) is 20.2. The van der Waals surface area contributed by atoms with Crippen LogP contribution in [0.4, 0.5) is 5.00 Å². The molecule has 1 saturated heterocycles. The summed E-state index contributed by atoms with van der Waals surface area (Å²) in [5.41, 5.74) is 4.97. The molecule has 6 heteroatoms. The molecular formula is C29H31N3O2S. The normalized spacial score (nSPS) is 15.7. The Morgan fingerprint density at radius 2 is 1.91 bits per heavy atom. The molecule has 1 unspecified atom stereocenters. The lowest BCUT2D eigenvalue weighted by Gasteiger charge is -2.38. The van der Waals surface area contributed by atoms with Crippen LogP contribution < -0.4 is 5.32 Å². The number of nitrogens with one attached hydrogen (secondary N) is 1. The van der Waals surface area contributed by atoms with Gasteiger partial charge in [-0.25, -0.2) is 0 Å². The Balaban J connectivity index is 1.42. The van der Waals surface area contributed by atoms with Crippen LogP contribution in [0.15, 0.2) is 77.7 Å². The van der Waals surface area contributed by atoms with Crippen molar-refractivity contribution in [1.82, 2.24) is 9.88 Å². The molecule has 1 atom stereocenters. The lowest BCUT2D eigenvalue weighted by atomic mass is 9.87. The standard InChI is InChI=1S/C29H31N3O2S/c1-20-21(2)35-29(31-28(33)25-11-7-17-34-25)26(20)27(24-10-6-14-30-19-24)32-15-12-23(13-16-32)18-22-8-4-3-5-9-22/h3-11,14,17,19,23,27H,12-13,15-16,18H2,1-2H3,(H,31,33). The van der Waals surface area contributed by atoms with Crippen LogP contribution in [0.5, 0.6) is 0 Å². The fourth-order valence-electron chi connectivity index (χ4n) is 5.10. The molecule has 1 fully saturated rings. The predicted octanol–water partition coefficient (Wildman–Crippen LogP) is 6.65. The highest BCUT2D eigenvalue weighted by Crippen LogP contribution is 2.43. The van der Waals surface area contributed by atoms with E-state index in [2.05, 4.69) is 65.4 Å². The van der Waals surface area contributed by atoms with Gasteiger partial charge in [0.1, 0.15) is 5.00 Å². The molecule has 35 heavy (non-hydrogen) atoms. The number of furan rings is 1. The van der Waals surface area contributed by atoms with E-state index in [1.807, 2.05) is 18.5 Å². The van der Waals surface area contributed by atoms with Crippen LogP contribution in [-0.2, 0) is 6.42 Å². The van der Waals surface area contributed by atoms with E-state index >= 15 is 0 Å². The summed E-state index contributed by atoms with van der Waals surface area (Å²) in [6.07, 6.45) is 8.75. The van der Waals surface area contributed by atoms with Gasteiger partial charge in [0.05, 0.1) is 12.3 Å². The summed E-state index contributed by atoms with van der Waals surface area (Å²) in [4.78, 5) is 21.1. The summed E-state index contributed by atoms with van der Waals surface area (Å²) >= 11 is 1.64. The van der Waals surface area contributed by atoms with Crippen LogP contribution in [0.1, 0.15) is 56.6 Å². The van der Waals surface area contributed by atoms with E-state index in [9.17, 15) is 4.79 Å². The molecule has 0 spiro atoms. The van der Waals surface area contributed by atoms with Gasteiger partial charge < -0.3 is 9.73 Å². The van der Waals surface area contributed by atoms with E-state index in [4.69, 9.17) is 4.42 Å². The molecule has 1 aliphatic heterocycles. The van der Waals surface area contributed by atoms with Crippen LogP contribution in [0.2, 0.25) is 0 Å². The van der Waals surface area contributed by atoms with Crippen molar-refractivity contribution in [2.75, 3.05) is 18.4 Å². The number of hydrogen-bond acceptors (Lipinski definition) is 5. The molecular weight excluding hydrogens is 454 g/mol. The van der Waals surface area contributed by atoms with Crippen molar-refractivity contribution in [3.05, 3.63) is 106 Å². The minimum absolute atomic E-state index is 0.0400. The maximum absolute atomic E-state index is 12.9. The third-order valence-electron chi connectivity index (χ3n) is 7.06. The van der Waals surface area contributed by atoms with Crippen LogP contribution in [0, 0.1) is 19.8 Å². The lowest BCUT2D eigenvalue weighted by molar-refractivity contribution is 0.0996. The molecule has 1 aliphatic rings. The number of likely N-dealkylation sites (tertiary alicyclic amines) is 1. The molecule has 0 radical (unpaired) electrons. The number of pyridine rings is 1. The van der Waals surface area contributed by atoms with Crippen LogP contribution >= 0.6 is 11.3 Å². The lowest BCUT2D eigenvalue weighted by Crippen LogP contribution is -2.38. The first-order chi connectivity index (χ1) is 17.1. The molecule has 3 aromatic heterocycles. The zero-order chi connectivity index (χ0) is 24.2. The van der Waals surface area contributed by atoms with Crippen molar-refractivity contribution in [3.8, 4) is 0 Å². The molecule has 1 aromatic carbocycles. The molecule has 5 rings (SSSR count). The minimum atomic E-state index is -0.219. The number of thiophene rings is 1. The number of nitrogens with zero attached hydrogens (tertiary/aromatic N) is 2. The second-order valence-corrected chi connectivity index (χ2v) is 10.5. The highest BCUT2D eigenvalue weighted by atomic mass is 32.1. The number of anilines is 1. The van der Waals surface area contributed by atoms with Gasteiger partial charge in [-0.1, -0.05) is 36.4 Å². The van der Waals surface area contributed by atoms with Gasteiger partial charge in [-0.2, -0.15) is 0 Å². The molecule has 1 N–H and O–H groups in total. The number of aryl methyl sites for hydroxylation is 1. The molecule has 180 valence electrons. The summed E-state index contributed by atoms with van der Waals surface area (Å²) in [7, 11) is 0. The molecule has 0 bridgehead atoms. The number of piperidine rings is 1. The Kier molecular flexibility index (Phi) is 7.11. The SMILES string of the molecule is Cc1sc(NC(=O)c2ccco2)c(C(c2cccnc2)N2CCC(Cc3ccccc3)CC2)c1C. The number of carbonyl (C=O) groups is 1. The van der Waals surface area contributed by atoms with E-state index in [0.29, 0.717) is 11.7 Å². The third-order valence-corrected chi connectivity index (χ3v) is 8.20. The van der Waals surface area contributed by atoms with Crippen molar-refractivity contribution < 1.29 is 9.21 Å². The van der Waals surface area contributed by atoms with Crippen molar-refractivity contribution >= 4 is 22.2 Å². The van der Waals surface area contributed by atoms with Gasteiger partial charge in [-0.05, 0) is 87.0 Å². The van der Waals surface area contributed by atoms with Gasteiger partial charge in [-0.15, -0.1) is 11.3 Å². The maximum atomic E-state index is 12.9. The third kappa shape index (κ3) is 5.24. The van der Waals surface area contributed by atoms with Gasteiger partial charge in [0.15, 0.2) is 5.76 Å². The summed E-state index contributed by atoms with van der Waals surface area (Å²) in [6.45, 7) is 6.31. The van der Waals surface area contributed by atoms with Crippen molar-refractivity contribution in [1.29, 1.82) is 0 Å². The Morgan fingerprint density at radius 3 is 2.60 bits per heavy atom. The number of carbonyl (C=O) groups excluding carboxylic acids is 1. The molecule has 0 aliphatic carbocycles. The molecule has 4 heterocycles. The van der Waals surface area contributed by atoms with Gasteiger partial charge in [-0.3, -0.25) is 14.7 Å². The van der Waals surface area contributed by atoms with Gasteiger partial charge >= 0.3 is 0 Å². The average Bonchev–Trinajstić information content (AvgIpc) is 3.52. The molecule has 1 amide bonds. The van der Waals surface area contributed by atoms with Gasteiger partial charge in [0.2, 0.25) is 0 Å². The predicted molar refractivity (Wildman–Crippen MR) is 141 cm³/mol. The highest BCUT2D eigenvalue weighted by molar-refractivity contribution is 7.16. The Morgan fingerprint density at radius 1 is 1.11 bits per heavy atom. The van der Waals surface area contributed by atoms with Gasteiger partial charge in [0.25, 0.3) is 5.91 Å². The molecule has 5 nitrogen and oxygen atoms in total. The quantitative estimate of drug-likeness (QED) is 0.318. The monoisotopic (exact) mass is 485 g/mol. The first-order valence-electron chi connectivity index (χ1n) is 12.2. The second-order valence-electron chi connectivity index (χ2n) is 9.32. The average molecular weight is 486 g/mol. The number of hydrogen-bond donors (Lipinski definition) is 1.